The molecule has 1 rings (SSSR count). The number of halogens is 5. The number of hydrogen-bond donors (Lipinski definition) is 1. The van der Waals surface area contributed by atoms with Crippen LogP contribution in [0.2, 0.25) is 0 Å². The molecule has 0 aromatic carbocycles. The molecule has 1 aliphatic heterocycles. The molecule has 1 saturated heterocycles. The van der Waals surface area contributed by atoms with Gasteiger partial charge < -0.3 is 0 Å². The van der Waals surface area contributed by atoms with Crippen LogP contribution in [0.3, 0.4) is 0 Å². The Labute approximate surface area is 120 Å². The molecule has 1 aliphatic rings. The fourth-order valence-electron chi connectivity index (χ4n) is 2.37. The highest BCUT2D eigenvalue weighted by atomic mass is 19.4. The Morgan fingerprint density at radius 1 is 1.48 bits per heavy atom. The van der Waals surface area contributed by atoms with Gasteiger partial charge in [-0.1, -0.05) is 19.6 Å². The Morgan fingerprint density at radius 2 is 2.10 bits per heavy atom. The fourth-order valence-corrected chi connectivity index (χ4v) is 2.37. The normalized spacial score (nSPS) is 27.5. The highest BCUT2D eigenvalue weighted by molar-refractivity contribution is 5.20. The zero-order valence-electron chi connectivity index (χ0n) is 11.9. The maximum atomic E-state index is 13.3. The molecule has 2 atom stereocenters. The van der Waals surface area contributed by atoms with E-state index in [9.17, 15) is 22.0 Å². The number of alkyl halides is 5. The first-order chi connectivity index (χ1) is 9.57. The van der Waals surface area contributed by atoms with Crippen LogP contribution in [0.15, 0.2) is 24.4 Å². The number of likely N-dealkylation sites (tertiary alicyclic amines) is 1. The number of rotatable bonds is 5. The van der Waals surface area contributed by atoms with Crippen molar-refractivity contribution < 1.29 is 26.8 Å². The number of nitrogens with one attached hydrogen (secondary N) is 1. The van der Waals surface area contributed by atoms with Crippen LogP contribution in [-0.2, 0) is 4.84 Å². The first kappa shape index (κ1) is 17.9. The molecule has 1 heterocycles. The topological polar surface area (TPSA) is 24.5 Å². The smallest absolute Gasteiger partial charge is 0.295 e. The second-order valence-corrected chi connectivity index (χ2v) is 5.25. The van der Waals surface area contributed by atoms with Crippen molar-refractivity contribution >= 4 is 0 Å². The van der Waals surface area contributed by atoms with Gasteiger partial charge in [-0.25, -0.2) is 8.78 Å². The van der Waals surface area contributed by atoms with Gasteiger partial charge >= 0.3 is 6.18 Å². The van der Waals surface area contributed by atoms with Crippen LogP contribution >= 0.6 is 0 Å². The van der Waals surface area contributed by atoms with E-state index < -0.39 is 17.7 Å². The van der Waals surface area contributed by atoms with Crippen molar-refractivity contribution in [2.75, 3.05) is 20.2 Å². The summed E-state index contributed by atoms with van der Waals surface area (Å²) in [5.41, 5.74) is 1.11. The van der Waals surface area contributed by atoms with Crippen LogP contribution in [-0.4, -0.2) is 43.2 Å². The molecule has 2 unspecified atom stereocenters. The van der Waals surface area contributed by atoms with Crippen LogP contribution in [0.1, 0.15) is 13.3 Å². The zero-order valence-corrected chi connectivity index (χ0v) is 11.9. The summed E-state index contributed by atoms with van der Waals surface area (Å²) in [7, 11) is 1.54. The summed E-state index contributed by atoms with van der Waals surface area (Å²) in [6, 6.07) is -0.288. The van der Waals surface area contributed by atoms with Gasteiger partial charge in [0.25, 0.3) is 5.92 Å². The molecular weight excluding hydrogens is 295 g/mol. The summed E-state index contributed by atoms with van der Waals surface area (Å²) in [6.45, 7) is 4.34. The summed E-state index contributed by atoms with van der Waals surface area (Å²) in [4.78, 5) is 6.40. The van der Waals surface area contributed by atoms with Gasteiger partial charge in [0, 0.05) is 18.7 Å². The highest BCUT2D eigenvalue weighted by Crippen LogP contribution is 2.33. The van der Waals surface area contributed by atoms with E-state index >= 15 is 0 Å². The van der Waals surface area contributed by atoms with Gasteiger partial charge in [-0.3, -0.25) is 15.2 Å². The molecule has 0 bridgehead atoms. The minimum Gasteiger partial charge on any atom is -0.295 e. The summed E-state index contributed by atoms with van der Waals surface area (Å²) in [5.74, 6) is -3.07. The van der Waals surface area contributed by atoms with E-state index in [1.54, 1.807) is 14.0 Å². The van der Waals surface area contributed by atoms with Crippen LogP contribution in [0.4, 0.5) is 22.0 Å². The molecule has 0 spiro atoms. The van der Waals surface area contributed by atoms with Gasteiger partial charge in [0.05, 0.1) is 18.7 Å². The molecular formula is C13H19F5N2O. The average Bonchev–Trinajstić information content (AvgIpc) is 2.28. The van der Waals surface area contributed by atoms with Gasteiger partial charge in [0.15, 0.2) is 0 Å². The third-order valence-corrected chi connectivity index (χ3v) is 3.42. The summed E-state index contributed by atoms with van der Waals surface area (Å²) < 4.78 is 63.8. The van der Waals surface area contributed by atoms with Crippen molar-refractivity contribution in [3.8, 4) is 0 Å². The minimum atomic E-state index is -4.52. The maximum Gasteiger partial charge on any atom is 0.417 e. The lowest BCUT2D eigenvalue weighted by molar-refractivity contribution is -0.115. The predicted octanol–water partition coefficient (Wildman–Crippen LogP) is 3.12. The van der Waals surface area contributed by atoms with Crippen LogP contribution in [0.5, 0.6) is 0 Å². The summed E-state index contributed by atoms with van der Waals surface area (Å²) in [5, 5.41) is 0. The first-order valence-electron chi connectivity index (χ1n) is 6.42. The van der Waals surface area contributed by atoms with Gasteiger partial charge in [0.2, 0.25) is 0 Å². The Morgan fingerprint density at radius 3 is 2.57 bits per heavy atom. The molecule has 122 valence electrons. The highest BCUT2D eigenvalue weighted by Gasteiger charge is 2.42. The van der Waals surface area contributed by atoms with E-state index in [1.165, 1.54) is 4.90 Å². The van der Waals surface area contributed by atoms with Crippen LogP contribution in [0.25, 0.3) is 0 Å². The molecule has 0 aromatic rings. The molecule has 21 heavy (non-hydrogen) atoms. The van der Waals surface area contributed by atoms with Crippen molar-refractivity contribution in [1.82, 2.24) is 10.4 Å². The second kappa shape index (κ2) is 6.74. The standard InChI is InChI=1S/C13H19F5N2O/c1-4-10(13(16,17)18)6-19-21-7-11-9(2)5-12(14,15)8-20(11)3/h4,6,9,11,19H,1,5,7-8H2,2-3H3/b10-6+. The van der Waals surface area contributed by atoms with Crippen molar-refractivity contribution in [2.45, 2.75) is 31.5 Å². The van der Waals surface area contributed by atoms with Crippen molar-refractivity contribution in [1.29, 1.82) is 0 Å². The Balaban J connectivity index is 2.49. The van der Waals surface area contributed by atoms with E-state index in [2.05, 4.69) is 12.1 Å². The van der Waals surface area contributed by atoms with Crippen molar-refractivity contribution in [3.05, 3.63) is 24.4 Å². The molecule has 0 saturated carbocycles. The lowest BCUT2D eigenvalue weighted by Crippen LogP contribution is -2.53. The molecule has 0 radical (unpaired) electrons. The molecule has 1 N–H and O–H groups in total. The molecule has 0 aromatic heterocycles. The molecule has 0 aliphatic carbocycles. The van der Waals surface area contributed by atoms with Crippen LogP contribution < -0.4 is 5.48 Å². The fraction of sp³-hybridized carbons (Fsp3) is 0.692. The number of piperidine rings is 1. The van der Waals surface area contributed by atoms with Gasteiger partial charge in [-0.05, 0) is 13.0 Å². The Bertz CT molecular complexity index is 381. The zero-order chi connectivity index (χ0) is 16.3. The summed E-state index contributed by atoms with van der Waals surface area (Å²) >= 11 is 0. The number of hydrogen-bond acceptors (Lipinski definition) is 3. The number of nitrogens with zero attached hydrogens (tertiary/aromatic N) is 1. The SMILES string of the molecule is C=C/C(=C\NOCC1C(C)CC(F)(F)CN1C)C(F)(F)F. The van der Waals surface area contributed by atoms with Gasteiger partial charge in [-0.15, -0.1) is 0 Å². The number of allylic oxidation sites excluding steroid dienone is 2. The van der Waals surface area contributed by atoms with Crippen molar-refractivity contribution in [3.63, 3.8) is 0 Å². The molecule has 0 amide bonds. The average molecular weight is 314 g/mol. The van der Waals surface area contributed by atoms with E-state index in [1.807, 2.05) is 0 Å². The molecule has 3 nitrogen and oxygen atoms in total. The Kier molecular flexibility index (Phi) is 5.75. The van der Waals surface area contributed by atoms with Crippen molar-refractivity contribution in [2.24, 2.45) is 5.92 Å². The quantitative estimate of drug-likeness (QED) is 0.365. The molecule has 8 heteroatoms. The largest absolute Gasteiger partial charge is 0.417 e. The summed E-state index contributed by atoms with van der Waals surface area (Å²) in [6.07, 6.45) is -3.47. The number of hydroxylamine groups is 1. The minimum absolute atomic E-state index is 0.00647. The monoisotopic (exact) mass is 314 g/mol. The van der Waals surface area contributed by atoms with Gasteiger partial charge in [-0.2, -0.15) is 13.2 Å². The first-order valence-corrected chi connectivity index (χ1v) is 6.42. The third-order valence-electron chi connectivity index (χ3n) is 3.42. The van der Waals surface area contributed by atoms with E-state index in [0.717, 1.165) is 0 Å². The lowest BCUT2D eigenvalue weighted by Gasteiger charge is -2.41. The lowest BCUT2D eigenvalue weighted by atomic mass is 9.89. The number of likely N-dealkylation sites (N-methyl/N-ethyl adjacent to an activating group) is 1. The van der Waals surface area contributed by atoms with Crippen LogP contribution in [0, 0.1) is 5.92 Å². The Hall–Kier alpha value is -1.15. The predicted molar refractivity (Wildman–Crippen MR) is 68.6 cm³/mol. The van der Waals surface area contributed by atoms with E-state index in [-0.39, 0.29) is 31.5 Å². The molecule has 1 fully saturated rings. The van der Waals surface area contributed by atoms with E-state index in [0.29, 0.717) is 12.3 Å². The van der Waals surface area contributed by atoms with Gasteiger partial charge in [0.1, 0.15) is 0 Å². The maximum absolute atomic E-state index is 13.3. The third kappa shape index (κ3) is 5.28. The van der Waals surface area contributed by atoms with E-state index in [4.69, 9.17) is 4.84 Å². The second-order valence-electron chi connectivity index (χ2n) is 5.25.